The number of hydrogen-bond donors (Lipinski definition) is 4. The third-order valence-corrected chi connectivity index (χ3v) is 7.99. The minimum atomic E-state index is -4.40. The highest BCUT2D eigenvalue weighted by Crippen LogP contribution is 2.58. The van der Waals surface area contributed by atoms with E-state index in [2.05, 4.69) is 26.2 Å². The lowest BCUT2D eigenvalue weighted by molar-refractivity contribution is -0.147. The molecular weight excluding hydrogens is 614 g/mol. The number of esters is 1. The van der Waals surface area contributed by atoms with Crippen LogP contribution in [0.2, 0.25) is 0 Å². The molecule has 2 aliphatic rings. The van der Waals surface area contributed by atoms with Gasteiger partial charge in [0.2, 0.25) is 10.5 Å². The van der Waals surface area contributed by atoms with E-state index in [0.29, 0.717) is 0 Å². The van der Waals surface area contributed by atoms with Crippen LogP contribution in [0.1, 0.15) is 40.3 Å². The first-order valence-electron chi connectivity index (χ1n) is 11.8. The smallest absolute Gasteiger partial charge is 0.463 e. The number of amides is 1. The van der Waals surface area contributed by atoms with Gasteiger partial charge >= 0.3 is 19.5 Å². The third kappa shape index (κ3) is 7.41. The van der Waals surface area contributed by atoms with Gasteiger partial charge in [-0.2, -0.15) is 4.98 Å². The van der Waals surface area contributed by atoms with Crippen molar-refractivity contribution in [1.29, 1.82) is 0 Å². The van der Waals surface area contributed by atoms with E-state index in [9.17, 15) is 24.1 Å². The molecule has 2 unspecified atom stereocenters. The van der Waals surface area contributed by atoms with Crippen molar-refractivity contribution in [3.63, 3.8) is 0 Å². The standard InChI is InChI=1S/C21H31BrFN4O11P/c1-11(2)36-14(28)5-7-24-17(30)16-20(3,4)10-35-39(33,38-16)34-9-12-15(29)21(22,23)18(37-12)27-8-6-13(26-32)25-19(27)31/h6,8,11-12,15-16,18,29,32H,5,7,9-10H2,1-4H3,(H,24,30)(H,25,26,31)/t12-,15?,16+,18-,21-,39?/m1/s1. The summed E-state index contributed by atoms with van der Waals surface area (Å²) in [5.74, 6) is -1.37. The summed E-state index contributed by atoms with van der Waals surface area (Å²) in [7, 11) is -4.40. The summed E-state index contributed by atoms with van der Waals surface area (Å²) < 4.78 is 53.0. The molecule has 0 bridgehead atoms. The summed E-state index contributed by atoms with van der Waals surface area (Å²) in [6.45, 7) is 5.67. The summed E-state index contributed by atoms with van der Waals surface area (Å²) in [6.07, 6.45) is -5.72. The number of rotatable bonds is 10. The Labute approximate surface area is 231 Å². The van der Waals surface area contributed by atoms with Crippen LogP contribution in [-0.2, 0) is 37.2 Å². The van der Waals surface area contributed by atoms with Crippen molar-refractivity contribution >= 4 is 41.4 Å². The predicted octanol–water partition coefficient (Wildman–Crippen LogP) is 1.39. The fourth-order valence-corrected chi connectivity index (χ4v) is 6.00. The summed E-state index contributed by atoms with van der Waals surface area (Å²) in [6, 6.07) is 1.16. The van der Waals surface area contributed by atoms with Crippen molar-refractivity contribution in [1.82, 2.24) is 14.9 Å². The molecule has 15 nitrogen and oxygen atoms in total. The highest BCUT2D eigenvalue weighted by atomic mass is 79.9. The summed E-state index contributed by atoms with van der Waals surface area (Å²) in [4.78, 5) is 40.2. The van der Waals surface area contributed by atoms with Crippen molar-refractivity contribution in [3.8, 4) is 0 Å². The van der Waals surface area contributed by atoms with Crippen LogP contribution in [-0.4, -0.2) is 80.5 Å². The van der Waals surface area contributed by atoms with Crippen LogP contribution >= 0.6 is 23.8 Å². The predicted molar refractivity (Wildman–Crippen MR) is 134 cm³/mol. The molecule has 0 aliphatic carbocycles. The highest BCUT2D eigenvalue weighted by Gasteiger charge is 2.58. The van der Waals surface area contributed by atoms with Crippen LogP contribution in [0.25, 0.3) is 0 Å². The SMILES string of the molecule is CC(C)OC(=O)CCNC(=O)[C@@H]1OP(=O)(OC[C@H]2O[C@@H](n3ccc(NO)nc3=O)[C@@](F)(Br)C2O)OCC1(C)C. The van der Waals surface area contributed by atoms with Gasteiger partial charge in [-0.05, 0) is 35.8 Å². The molecule has 2 aliphatic heterocycles. The van der Waals surface area contributed by atoms with Crippen molar-refractivity contribution < 1.29 is 51.9 Å². The van der Waals surface area contributed by atoms with Gasteiger partial charge in [0.1, 0.15) is 12.2 Å². The maximum Gasteiger partial charge on any atom is 0.475 e. The normalized spacial score (nSPS) is 32.1. The van der Waals surface area contributed by atoms with Gasteiger partial charge in [-0.1, -0.05) is 13.8 Å². The summed E-state index contributed by atoms with van der Waals surface area (Å²) in [5, 5.41) is 21.9. The number of alkyl halides is 2. The molecule has 2 fully saturated rings. The van der Waals surface area contributed by atoms with E-state index in [1.165, 1.54) is 0 Å². The average Bonchev–Trinajstić information content (AvgIpc) is 3.07. The number of carbonyl (C=O) groups is 2. The molecule has 1 aromatic heterocycles. The van der Waals surface area contributed by atoms with Crippen LogP contribution in [0.15, 0.2) is 17.1 Å². The monoisotopic (exact) mass is 644 g/mol. The Hall–Kier alpha value is -1.98. The molecule has 0 saturated carbocycles. The quantitative estimate of drug-likeness (QED) is 0.123. The van der Waals surface area contributed by atoms with E-state index in [0.717, 1.165) is 16.8 Å². The Morgan fingerprint density at radius 2 is 2.10 bits per heavy atom. The molecule has 1 amide bonds. The zero-order valence-corrected chi connectivity index (χ0v) is 24.0. The molecule has 6 atom stereocenters. The van der Waals surface area contributed by atoms with E-state index in [-0.39, 0.29) is 31.5 Å². The topological polar surface area (TPSA) is 197 Å². The maximum absolute atomic E-state index is 15.4. The minimum Gasteiger partial charge on any atom is -0.463 e. The van der Waals surface area contributed by atoms with E-state index in [1.54, 1.807) is 33.2 Å². The Morgan fingerprint density at radius 1 is 1.41 bits per heavy atom. The van der Waals surface area contributed by atoms with E-state index in [1.807, 2.05) is 0 Å². The van der Waals surface area contributed by atoms with Gasteiger partial charge in [-0.15, -0.1) is 0 Å². The number of nitrogens with zero attached hydrogens (tertiary/aromatic N) is 2. The molecule has 0 spiro atoms. The number of carbonyl (C=O) groups excluding carboxylic acids is 2. The van der Waals surface area contributed by atoms with Gasteiger partial charge in [0, 0.05) is 18.2 Å². The van der Waals surface area contributed by atoms with Gasteiger partial charge in [-0.3, -0.25) is 38.4 Å². The largest absolute Gasteiger partial charge is 0.475 e. The van der Waals surface area contributed by atoms with Crippen molar-refractivity contribution in [2.24, 2.45) is 5.41 Å². The zero-order valence-electron chi connectivity index (χ0n) is 21.5. The van der Waals surface area contributed by atoms with E-state index >= 15 is 4.39 Å². The number of hydrogen-bond acceptors (Lipinski definition) is 13. The lowest BCUT2D eigenvalue weighted by Crippen LogP contribution is -2.50. The van der Waals surface area contributed by atoms with Gasteiger partial charge in [0.15, 0.2) is 18.1 Å². The lowest BCUT2D eigenvalue weighted by atomic mass is 9.87. The minimum absolute atomic E-state index is 0.0523. The molecule has 0 radical (unpaired) electrons. The number of halogens is 2. The number of ether oxygens (including phenoxy) is 2. The number of phosphoric acid groups is 1. The van der Waals surface area contributed by atoms with Crippen LogP contribution in [0.3, 0.4) is 0 Å². The number of nitrogens with one attached hydrogen (secondary N) is 2. The lowest BCUT2D eigenvalue weighted by Gasteiger charge is -2.39. The average molecular weight is 645 g/mol. The molecule has 1 aromatic rings. The molecule has 18 heteroatoms. The Kier molecular flexibility index (Phi) is 9.92. The molecule has 39 heavy (non-hydrogen) atoms. The van der Waals surface area contributed by atoms with Gasteiger partial charge in [-0.25, -0.2) is 13.8 Å². The molecule has 3 heterocycles. The molecule has 0 aromatic carbocycles. The van der Waals surface area contributed by atoms with Crippen molar-refractivity contribution in [2.75, 3.05) is 25.2 Å². The second kappa shape index (κ2) is 12.3. The van der Waals surface area contributed by atoms with Crippen LogP contribution < -0.4 is 16.5 Å². The second-order valence-corrected chi connectivity index (χ2v) is 12.7. The number of anilines is 1. The molecule has 3 rings (SSSR count). The van der Waals surface area contributed by atoms with Crippen LogP contribution in [0, 0.1) is 5.41 Å². The number of aliphatic hydroxyl groups excluding tert-OH is 1. The van der Waals surface area contributed by atoms with E-state index < -0.39 is 66.5 Å². The van der Waals surface area contributed by atoms with E-state index in [4.69, 9.17) is 28.3 Å². The van der Waals surface area contributed by atoms with Gasteiger partial charge < -0.3 is 19.9 Å². The molecule has 2 saturated heterocycles. The van der Waals surface area contributed by atoms with Crippen LogP contribution in [0.4, 0.5) is 10.2 Å². The molecule has 4 N–H and O–H groups in total. The van der Waals surface area contributed by atoms with Gasteiger partial charge in [0.05, 0.1) is 25.7 Å². The first-order valence-corrected chi connectivity index (χ1v) is 14.1. The summed E-state index contributed by atoms with van der Waals surface area (Å²) in [5.41, 5.74) is -0.271. The number of aromatic nitrogens is 2. The van der Waals surface area contributed by atoms with Crippen molar-refractivity contribution in [3.05, 3.63) is 22.7 Å². The van der Waals surface area contributed by atoms with Gasteiger partial charge in [0.25, 0.3) is 0 Å². The van der Waals surface area contributed by atoms with Crippen molar-refractivity contribution in [2.45, 2.75) is 69.3 Å². The highest BCUT2D eigenvalue weighted by molar-refractivity contribution is 9.10. The Bertz CT molecular complexity index is 1170. The number of aliphatic hydroxyl groups is 1. The zero-order chi connectivity index (χ0) is 29.2. The third-order valence-electron chi connectivity index (χ3n) is 5.75. The van der Waals surface area contributed by atoms with Crippen LogP contribution in [0.5, 0.6) is 0 Å². The molecule has 220 valence electrons. The Balaban J connectivity index is 1.64. The first-order chi connectivity index (χ1) is 18.1. The molecular formula is C21H31BrFN4O11P. The second-order valence-electron chi connectivity index (χ2n) is 9.83. The maximum atomic E-state index is 15.4. The Morgan fingerprint density at radius 3 is 2.72 bits per heavy atom. The fraction of sp³-hybridized carbons (Fsp3) is 0.714. The summed E-state index contributed by atoms with van der Waals surface area (Å²) >= 11 is 2.72. The fourth-order valence-electron chi connectivity index (χ4n) is 3.72. The first kappa shape index (κ1) is 31.5. The number of phosphoric ester groups is 1.